The summed E-state index contributed by atoms with van der Waals surface area (Å²) in [5.74, 6) is -1.38. The first-order valence-electron chi connectivity index (χ1n) is 10.5. The third kappa shape index (κ3) is 5.79. The van der Waals surface area contributed by atoms with Crippen LogP contribution in [0.4, 0.5) is 9.39 Å². The third-order valence-corrected chi connectivity index (χ3v) is 5.86. The van der Waals surface area contributed by atoms with Gasteiger partial charge in [0.15, 0.2) is 12.4 Å². The number of benzene rings is 1. The van der Waals surface area contributed by atoms with Gasteiger partial charge in [0.25, 0.3) is 11.8 Å². The Bertz CT molecular complexity index is 1190. The van der Waals surface area contributed by atoms with Gasteiger partial charge < -0.3 is 19.7 Å². The first-order valence-corrected chi connectivity index (χ1v) is 11.3. The minimum atomic E-state index is -0.609. The molecule has 3 aromatic rings. The fraction of sp³-hybridized carbons (Fsp3) is 0.304. The Hall–Kier alpha value is -3.73. The number of nitrogens with one attached hydrogen (secondary N) is 1. The van der Waals surface area contributed by atoms with Crippen molar-refractivity contribution in [1.29, 1.82) is 0 Å². The molecule has 11 heteroatoms. The summed E-state index contributed by atoms with van der Waals surface area (Å²) in [6.45, 7) is 3.74. The monoisotopic (exact) mass is 488 g/mol. The van der Waals surface area contributed by atoms with Crippen molar-refractivity contribution in [2.24, 2.45) is 0 Å². The summed E-state index contributed by atoms with van der Waals surface area (Å²) >= 11 is 1.01. The van der Waals surface area contributed by atoms with Crippen molar-refractivity contribution in [2.45, 2.75) is 27.0 Å². The average molecular weight is 489 g/mol. The van der Waals surface area contributed by atoms with E-state index in [1.54, 1.807) is 27.2 Å². The highest BCUT2D eigenvalue weighted by Crippen LogP contribution is 2.34. The number of aromatic nitrogens is 2. The molecule has 34 heavy (non-hydrogen) atoms. The van der Waals surface area contributed by atoms with Gasteiger partial charge in [-0.25, -0.2) is 13.9 Å². The number of anilines is 1. The zero-order valence-electron chi connectivity index (χ0n) is 19.3. The zero-order valence-corrected chi connectivity index (χ0v) is 20.1. The Morgan fingerprint density at radius 2 is 1.88 bits per heavy atom. The van der Waals surface area contributed by atoms with E-state index in [1.807, 2.05) is 6.92 Å². The second kappa shape index (κ2) is 10.9. The number of rotatable bonds is 9. The summed E-state index contributed by atoms with van der Waals surface area (Å²) in [4.78, 5) is 39.8. The maximum atomic E-state index is 13.0. The maximum Gasteiger partial charge on any atom is 0.341 e. The van der Waals surface area contributed by atoms with E-state index in [4.69, 9.17) is 9.47 Å². The molecule has 0 fully saturated rings. The van der Waals surface area contributed by atoms with E-state index in [1.165, 1.54) is 39.9 Å². The number of halogens is 1. The van der Waals surface area contributed by atoms with Crippen molar-refractivity contribution >= 4 is 34.1 Å². The largest absolute Gasteiger partial charge is 0.471 e. The molecule has 0 aliphatic carbocycles. The molecule has 0 unspecified atom stereocenters. The number of hydrogen-bond acceptors (Lipinski definition) is 7. The van der Waals surface area contributed by atoms with Crippen LogP contribution in [0.2, 0.25) is 0 Å². The number of nitrogens with zero attached hydrogens (tertiary/aromatic N) is 3. The van der Waals surface area contributed by atoms with Crippen molar-refractivity contribution in [3.63, 3.8) is 0 Å². The lowest BCUT2D eigenvalue weighted by Crippen LogP contribution is -2.21. The van der Waals surface area contributed by atoms with Gasteiger partial charge in [-0.05, 0) is 49.2 Å². The highest BCUT2D eigenvalue weighted by atomic mass is 32.1. The molecule has 1 N–H and O–H groups in total. The molecular weight excluding hydrogens is 463 g/mol. The molecule has 0 saturated carbocycles. The first-order chi connectivity index (χ1) is 16.2. The van der Waals surface area contributed by atoms with Gasteiger partial charge >= 0.3 is 5.97 Å². The molecule has 180 valence electrons. The lowest BCUT2D eigenvalue weighted by Gasteiger charge is -2.09. The van der Waals surface area contributed by atoms with E-state index in [9.17, 15) is 18.8 Å². The summed E-state index contributed by atoms with van der Waals surface area (Å²) in [7, 11) is 3.21. The van der Waals surface area contributed by atoms with Crippen LogP contribution in [0.15, 0.2) is 36.5 Å². The van der Waals surface area contributed by atoms with E-state index >= 15 is 0 Å². The lowest BCUT2D eigenvalue weighted by atomic mass is 10.1. The van der Waals surface area contributed by atoms with Crippen molar-refractivity contribution in [1.82, 2.24) is 14.7 Å². The van der Waals surface area contributed by atoms with Crippen LogP contribution in [0.25, 0.3) is 0 Å². The Morgan fingerprint density at radius 1 is 1.18 bits per heavy atom. The van der Waals surface area contributed by atoms with E-state index in [-0.39, 0.29) is 41.3 Å². The molecule has 2 heterocycles. The van der Waals surface area contributed by atoms with Crippen LogP contribution in [-0.2, 0) is 11.5 Å². The fourth-order valence-electron chi connectivity index (χ4n) is 2.91. The molecular formula is C23H25FN4O5S. The van der Waals surface area contributed by atoms with Gasteiger partial charge in [0.05, 0.1) is 17.0 Å². The van der Waals surface area contributed by atoms with Gasteiger partial charge in [-0.15, -0.1) is 11.3 Å². The molecule has 0 saturated heterocycles. The predicted octanol–water partition coefficient (Wildman–Crippen LogP) is 3.95. The van der Waals surface area contributed by atoms with Gasteiger partial charge in [0.1, 0.15) is 16.6 Å². The standard InChI is InChI=1S/C23H25FN4O5S/c1-5-12-32-23(31)18-14(2)19(22(30)27(3)4)34-21(18)25-20(29)17-10-11-28(26-17)13-33-16-8-6-15(24)7-9-16/h6-11H,5,12-13H2,1-4H3,(H,25,29). The van der Waals surface area contributed by atoms with Crippen LogP contribution in [0.3, 0.4) is 0 Å². The van der Waals surface area contributed by atoms with Gasteiger partial charge in [-0.2, -0.15) is 5.10 Å². The number of carbonyl (C=O) groups is 3. The molecule has 0 aliphatic rings. The van der Waals surface area contributed by atoms with Gasteiger partial charge in [0.2, 0.25) is 0 Å². The SMILES string of the molecule is CCCOC(=O)c1c(NC(=O)c2ccn(COc3ccc(F)cc3)n2)sc(C(=O)N(C)C)c1C. The van der Waals surface area contributed by atoms with Crippen LogP contribution < -0.4 is 10.1 Å². The molecule has 3 rings (SSSR count). The molecule has 0 atom stereocenters. The molecule has 0 spiro atoms. The highest BCUT2D eigenvalue weighted by molar-refractivity contribution is 7.18. The summed E-state index contributed by atoms with van der Waals surface area (Å²) in [5.41, 5.74) is 0.677. The van der Waals surface area contributed by atoms with Gasteiger partial charge in [-0.3, -0.25) is 9.59 Å². The number of carbonyl (C=O) groups excluding carboxylic acids is 3. The lowest BCUT2D eigenvalue weighted by molar-refractivity contribution is 0.0506. The van der Waals surface area contributed by atoms with Crippen LogP contribution in [0, 0.1) is 12.7 Å². The Balaban J connectivity index is 1.78. The van der Waals surface area contributed by atoms with E-state index in [0.717, 1.165) is 11.3 Å². The van der Waals surface area contributed by atoms with Crippen LogP contribution >= 0.6 is 11.3 Å². The van der Waals surface area contributed by atoms with Crippen molar-refractivity contribution < 1.29 is 28.2 Å². The van der Waals surface area contributed by atoms with Crippen molar-refractivity contribution in [2.75, 3.05) is 26.0 Å². The normalized spacial score (nSPS) is 10.6. The summed E-state index contributed by atoms with van der Waals surface area (Å²) in [6.07, 6.45) is 2.19. The first kappa shape index (κ1) is 24.9. The predicted molar refractivity (Wildman–Crippen MR) is 125 cm³/mol. The van der Waals surface area contributed by atoms with Crippen LogP contribution in [0.1, 0.15) is 49.4 Å². The molecule has 0 aliphatic heterocycles. The number of amides is 2. The maximum absolute atomic E-state index is 13.0. The number of hydrogen-bond donors (Lipinski definition) is 1. The third-order valence-electron chi connectivity index (χ3n) is 4.67. The van der Waals surface area contributed by atoms with E-state index in [0.29, 0.717) is 22.6 Å². The molecule has 9 nitrogen and oxygen atoms in total. The summed E-state index contributed by atoms with van der Waals surface area (Å²) in [6, 6.07) is 7.01. The van der Waals surface area contributed by atoms with Crippen LogP contribution in [-0.4, -0.2) is 53.2 Å². The molecule has 0 radical (unpaired) electrons. The number of thiophene rings is 1. The minimum absolute atomic E-state index is 0.00704. The Kier molecular flexibility index (Phi) is 8.00. The summed E-state index contributed by atoms with van der Waals surface area (Å²) in [5, 5.41) is 7.07. The quantitative estimate of drug-likeness (QED) is 0.458. The number of ether oxygens (including phenoxy) is 2. The highest BCUT2D eigenvalue weighted by Gasteiger charge is 2.28. The minimum Gasteiger partial charge on any atom is -0.471 e. The van der Waals surface area contributed by atoms with Crippen LogP contribution in [0.5, 0.6) is 5.75 Å². The second-order valence-electron chi connectivity index (χ2n) is 7.52. The second-order valence-corrected chi connectivity index (χ2v) is 8.54. The molecule has 2 aromatic heterocycles. The molecule has 0 bridgehead atoms. The topological polar surface area (TPSA) is 103 Å². The Labute approximate surface area is 200 Å². The van der Waals surface area contributed by atoms with E-state index < -0.39 is 11.9 Å². The molecule has 2 amide bonds. The molecule has 1 aromatic carbocycles. The van der Waals surface area contributed by atoms with Crippen molar-refractivity contribution in [3.8, 4) is 5.75 Å². The Morgan fingerprint density at radius 3 is 2.53 bits per heavy atom. The number of esters is 1. The van der Waals surface area contributed by atoms with Crippen molar-refractivity contribution in [3.05, 3.63) is 64.0 Å². The fourth-order valence-corrected chi connectivity index (χ4v) is 4.13. The average Bonchev–Trinajstić information content (AvgIpc) is 3.41. The van der Waals surface area contributed by atoms with Gasteiger partial charge in [0, 0.05) is 20.3 Å². The zero-order chi connectivity index (χ0) is 24.8. The smallest absolute Gasteiger partial charge is 0.341 e. The van der Waals surface area contributed by atoms with E-state index in [2.05, 4.69) is 10.4 Å². The van der Waals surface area contributed by atoms with Gasteiger partial charge in [-0.1, -0.05) is 6.92 Å². The summed E-state index contributed by atoms with van der Waals surface area (Å²) < 4.78 is 25.2.